The van der Waals surface area contributed by atoms with E-state index in [4.69, 9.17) is 32.7 Å². The number of hydrogen-bond donors (Lipinski definition) is 0. The zero-order valence-corrected chi connectivity index (χ0v) is 17.0. The summed E-state index contributed by atoms with van der Waals surface area (Å²) >= 11 is 12.2. The number of ether oxygens (including phenoxy) is 2. The quantitative estimate of drug-likeness (QED) is 0.357. The number of carbonyl (C=O) groups is 1. The van der Waals surface area contributed by atoms with Crippen LogP contribution in [0.25, 0.3) is 6.08 Å². The van der Waals surface area contributed by atoms with Gasteiger partial charge in [0.15, 0.2) is 5.70 Å². The monoisotopic (exact) mass is 441 g/mol. The summed E-state index contributed by atoms with van der Waals surface area (Å²) in [4.78, 5) is 16.5. The maximum atomic E-state index is 13.0. The highest BCUT2D eigenvalue weighted by Crippen LogP contribution is 2.27. The zero-order valence-electron chi connectivity index (χ0n) is 15.4. The largest absolute Gasteiger partial charge is 0.489 e. The Kier molecular flexibility index (Phi) is 5.84. The van der Waals surface area contributed by atoms with Gasteiger partial charge < -0.3 is 9.47 Å². The van der Waals surface area contributed by atoms with Gasteiger partial charge in [0.1, 0.15) is 18.2 Å². The Labute approximate surface area is 182 Å². The third kappa shape index (κ3) is 4.70. The average Bonchev–Trinajstić information content (AvgIpc) is 3.10. The van der Waals surface area contributed by atoms with Crippen LogP contribution in [0, 0.1) is 5.82 Å². The molecule has 3 aromatic rings. The van der Waals surface area contributed by atoms with Crippen LogP contribution in [-0.2, 0) is 16.1 Å². The lowest BCUT2D eigenvalue weighted by molar-refractivity contribution is -0.129. The van der Waals surface area contributed by atoms with E-state index in [-0.39, 0.29) is 24.0 Å². The van der Waals surface area contributed by atoms with Gasteiger partial charge in [-0.3, -0.25) is 0 Å². The Morgan fingerprint density at radius 1 is 1.03 bits per heavy atom. The van der Waals surface area contributed by atoms with Crippen molar-refractivity contribution in [2.45, 2.75) is 6.61 Å². The van der Waals surface area contributed by atoms with Crippen LogP contribution < -0.4 is 4.74 Å². The van der Waals surface area contributed by atoms with Crippen molar-refractivity contribution < 1.29 is 18.7 Å². The molecule has 0 atom stereocenters. The molecule has 0 spiro atoms. The van der Waals surface area contributed by atoms with E-state index in [1.54, 1.807) is 54.6 Å². The Hall–Kier alpha value is -3.15. The molecule has 0 aliphatic carbocycles. The number of nitrogens with zero attached hydrogens (tertiary/aromatic N) is 1. The normalized spacial score (nSPS) is 14.6. The third-order valence-electron chi connectivity index (χ3n) is 4.26. The molecule has 4 nitrogen and oxygen atoms in total. The molecule has 30 heavy (non-hydrogen) atoms. The topological polar surface area (TPSA) is 47.9 Å². The van der Waals surface area contributed by atoms with Crippen LogP contribution in [0.1, 0.15) is 16.7 Å². The Morgan fingerprint density at radius 2 is 1.83 bits per heavy atom. The highest BCUT2D eigenvalue weighted by atomic mass is 35.5. The van der Waals surface area contributed by atoms with Gasteiger partial charge in [0, 0.05) is 5.02 Å². The summed E-state index contributed by atoms with van der Waals surface area (Å²) in [5.74, 6) is -0.182. The molecular formula is C23H14Cl2FNO3. The molecule has 1 aliphatic heterocycles. The first kappa shape index (κ1) is 20.1. The predicted octanol–water partition coefficient (Wildman–Crippen LogP) is 6.06. The van der Waals surface area contributed by atoms with E-state index in [2.05, 4.69) is 4.99 Å². The van der Waals surface area contributed by atoms with Crippen LogP contribution >= 0.6 is 23.2 Å². The number of benzene rings is 3. The molecule has 0 unspecified atom stereocenters. The molecule has 0 saturated heterocycles. The Bertz CT molecular complexity index is 1170. The molecule has 0 bridgehead atoms. The molecule has 0 saturated carbocycles. The highest BCUT2D eigenvalue weighted by Gasteiger charge is 2.25. The number of cyclic esters (lactones) is 1. The summed E-state index contributed by atoms with van der Waals surface area (Å²) in [5.41, 5.74) is 2.13. The molecule has 3 aromatic carbocycles. The summed E-state index contributed by atoms with van der Waals surface area (Å²) in [6.45, 7) is 0.290. The number of carbonyl (C=O) groups excluding carboxylic acids is 1. The molecule has 0 aromatic heterocycles. The lowest BCUT2D eigenvalue weighted by Gasteiger charge is -2.07. The smallest absolute Gasteiger partial charge is 0.363 e. The summed E-state index contributed by atoms with van der Waals surface area (Å²) < 4.78 is 24.0. The first-order valence-corrected chi connectivity index (χ1v) is 9.69. The lowest BCUT2D eigenvalue weighted by Crippen LogP contribution is -2.06. The van der Waals surface area contributed by atoms with Gasteiger partial charge in [-0.05, 0) is 59.7 Å². The van der Waals surface area contributed by atoms with Gasteiger partial charge in [-0.2, -0.15) is 0 Å². The predicted molar refractivity (Wildman–Crippen MR) is 114 cm³/mol. The zero-order chi connectivity index (χ0) is 21.1. The molecule has 150 valence electrons. The summed E-state index contributed by atoms with van der Waals surface area (Å²) in [6, 6.07) is 18.1. The van der Waals surface area contributed by atoms with Crippen molar-refractivity contribution in [2.24, 2.45) is 4.99 Å². The van der Waals surface area contributed by atoms with Crippen molar-refractivity contribution in [3.63, 3.8) is 0 Å². The first-order chi connectivity index (χ1) is 14.5. The van der Waals surface area contributed by atoms with Crippen LogP contribution in [0.3, 0.4) is 0 Å². The van der Waals surface area contributed by atoms with Crippen LogP contribution in [0.4, 0.5) is 4.39 Å². The minimum atomic E-state index is -0.585. The van der Waals surface area contributed by atoms with Gasteiger partial charge in [-0.25, -0.2) is 14.2 Å². The molecule has 1 aliphatic rings. The fraction of sp³-hybridized carbons (Fsp3) is 0.0435. The van der Waals surface area contributed by atoms with E-state index in [1.165, 1.54) is 12.1 Å². The number of rotatable bonds is 5. The number of halogens is 3. The molecule has 1 heterocycles. The van der Waals surface area contributed by atoms with Gasteiger partial charge >= 0.3 is 5.97 Å². The highest BCUT2D eigenvalue weighted by molar-refractivity contribution is 6.36. The van der Waals surface area contributed by atoms with Crippen molar-refractivity contribution in [2.75, 3.05) is 0 Å². The number of aliphatic imine (C=N–C) groups is 1. The van der Waals surface area contributed by atoms with Crippen LogP contribution in [0.5, 0.6) is 5.75 Å². The third-order valence-corrected chi connectivity index (χ3v) is 4.82. The minimum Gasteiger partial charge on any atom is -0.489 e. The first-order valence-electron chi connectivity index (χ1n) is 8.93. The van der Waals surface area contributed by atoms with Crippen LogP contribution in [0.2, 0.25) is 10.0 Å². The van der Waals surface area contributed by atoms with E-state index < -0.39 is 5.97 Å². The fourth-order valence-corrected chi connectivity index (χ4v) is 3.16. The van der Waals surface area contributed by atoms with Gasteiger partial charge in [0.05, 0.1) is 10.6 Å². The second kappa shape index (κ2) is 8.69. The van der Waals surface area contributed by atoms with E-state index >= 15 is 0 Å². The second-order valence-electron chi connectivity index (χ2n) is 6.45. The average molecular weight is 442 g/mol. The van der Waals surface area contributed by atoms with E-state index in [0.717, 1.165) is 5.56 Å². The molecular weight excluding hydrogens is 428 g/mol. The van der Waals surface area contributed by atoms with E-state index in [0.29, 0.717) is 26.9 Å². The minimum absolute atomic E-state index is 0.0995. The maximum absolute atomic E-state index is 13.0. The molecule has 0 radical (unpaired) electrons. The van der Waals surface area contributed by atoms with Crippen molar-refractivity contribution in [1.29, 1.82) is 0 Å². The lowest BCUT2D eigenvalue weighted by atomic mass is 10.2. The van der Waals surface area contributed by atoms with Gasteiger partial charge in [0.2, 0.25) is 5.90 Å². The maximum Gasteiger partial charge on any atom is 0.363 e. The molecule has 0 fully saturated rings. The van der Waals surface area contributed by atoms with Gasteiger partial charge in [-0.15, -0.1) is 0 Å². The van der Waals surface area contributed by atoms with Crippen molar-refractivity contribution in [1.82, 2.24) is 0 Å². The fourth-order valence-electron chi connectivity index (χ4n) is 2.79. The molecule has 7 heteroatoms. The summed E-state index contributed by atoms with van der Waals surface area (Å²) in [6.07, 6.45) is 1.60. The number of hydrogen-bond acceptors (Lipinski definition) is 4. The van der Waals surface area contributed by atoms with Crippen LogP contribution in [-0.4, -0.2) is 11.9 Å². The molecule has 4 rings (SSSR count). The second-order valence-corrected chi connectivity index (χ2v) is 7.29. The summed E-state index contributed by atoms with van der Waals surface area (Å²) in [5, 5.41) is 0.833. The van der Waals surface area contributed by atoms with Crippen LogP contribution in [0.15, 0.2) is 77.4 Å². The van der Waals surface area contributed by atoms with Crippen molar-refractivity contribution in [3.8, 4) is 5.75 Å². The summed E-state index contributed by atoms with van der Waals surface area (Å²) in [7, 11) is 0. The van der Waals surface area contributed by atoms with Gasteiger partial charge in [0.25, 0.3) is 0 Å². The van der Waals surface area contributed by atoms with Gasteiger partial charge in [-0.1, -0.05) is 47.5 Å². The standard InChI is InChI=1S/C23H14Cl2FNO3/c24-16-6-9-20(25)19(12-16)22-27-21(23(28)30-22)11-15-2-1-3-18(10-15)29-13-14-4-7-17(26)8-5-14/h1-12H,13H2/b21-11-. The Morgan fingerprint density at radius 3 is 2.63 bits per heavy atom. The number of esters is 1. The SMILES string of the molecule is O=C1OC(c2cc(Cl)ccc2Cl)=N/C1=C\c1cccc(OCc2ccc(F)cc2)c1. The molecule has 0 amide bonds. The van der Waals surface area contributed by atoms with Crippen molar-refractivity contribution >= 4 is 41.1 Å². The Balaban J connectivity index is 1.53. The van der Waals surface area contributed by atoms with Crippen molar-refractivity contribution in [3.05, 3.63) is 105 Å². The van der Waals surface area contributed by atoms with E-state index in [9.17, 15) is 9.18 Å². The van der Waals surface area contributed by atoms with E-state index in [1.807, 2.05) is 6.07 Å². The molecule has 0 N–H and O–H groups in total.